The van der Waals surface area contributed by atoms with Crippen LogP contribution < -0.4 is 14.8 Å². The molecule has 0 saturated heterocycles. The lowest BCUT2D eigenvalue weighted by Crippen LogP contribution is -2.16. The standard InChI is InChI=1S/C21H20N2O4S/c1-15-9-11-17(12-10-15)22-21(24)16-5-3-8-20(13-16)28(25,26)23-18-6-4-7-19(14-18)27-2/h3-14,23H,1-2H3,(H,22,24). The number of amides is 1. The monoisotopic (exact) mass is 396 g/mol. The molecule has 0 unspecified atom stereocenters. The number of methoxy groups -OCH3 is 1. The molecule has 0 bridgehead atoms. The number of carbonyl (C=O) groups is 1. The molecule has 0 aliphatic rings. The quantitative estimate of drug-likeness (QED) is 0.658. The second-order valence-corrected chi connectivity index (χ2v) is 7.87. The highest BCUT2D eigenvalue weighted by Gasteiger charge is 2.17. The first-order valence-corrected chi connectivity index (χ1v) is 10.0. The molecule has 1 amide bonds. The van der Waals surface area contributed by atoms with Gasteiger partial charge in [-0.2, -0.15) is 0 Å². The highest BCUT2D eigenvalue weighted by molar-refractivity contribution is 7.92. The topological polar surface area (TPSA) is 84.5 Å². The van der Waals surface area contributed by atoms with Crippen LogP contribution in [0.5, 0.6) is 5.75 Å². The van der Waals surface area contributed by atoms with Gasteiger partial charge in [0.25, 0.3) is 15.9 Å². The van der Waals surface area contributed by atoms with E-state index in [1.54, 1.807) is 42.5 Å². The van der Waals surface area contributed by atoms with Crippen molar-refractivity contribution in [3.05, 3.63) is 83.9 Å². The number of ether oxygens (including phenoxy) is 1. The molecule has 2 N–H and O–H groups in total. The van der Waals surface area contributed by atoms with Crippen LogP contribution in [0.2, 0.25) is 0 Å². The van der Waals surface area contributed by atoms with Gasteiger partial charge in [0.2, 0.25) is 0 Å². The minimum Gasteiger partial charge on any atom is -0.497 e. The molecule has 0 heterocycles. The van der Waals surface area contributed by atoms with Crippen molar-refractivity contribution in [1.29, 1.82) is 0 Å². The first-order chi connectivity index (χ1) is 13.4. The molecule has 3 aromatic rings. The van der Waals surface area contributed by atoms with Crippen LogP contribution in [0.1, 0.15) is 15.9 Å². The summed E-state index contributed by atoms with van der Waals surface area (Å²) >= 11 is 0. The SMILES string of the molecule is COc1cccc(NS(=O)(=O)c2cccc(C(=O)Nc3ccc(C)cc3)c2)c1. The van der Waals surface area contributed by atoms with E-state index in [-0.39, 0.29) is 16.4 Å². The summed E-state index contributed by atoms with van der Waals surface area (Å²) in [7, 11) is -2.35. The Bertz CT molecular complexity index is 1090. The predicted octanol–water partition coefficient (Wildman–Crippen LogP) is 4.06. The zero-order chi connectivity index (χ0) is 20.1. The van der Waals surface area contributed by atoms with Gasteiger partial charge in [-0.05, 0) is 49.4 Å². The van der Waals surface area contributed by atoms with Crippen LogP contribution in [0, 0.1) is 6.92 Å². The van der Waals surface area contributed by atoms with Gasteiger partial charge in [0.15, 0.2) is 0 Å². The Balaban J connectivity index is 1.81. The summed E-state index contributed by atoms with van der Waals surface area (Å²) in [6.45, 7) is 1.95. The smallest absolute Gasteiger partial charge is 0.261 e. The Morgan fingerprint density at radius 1 is 0.893 bits per heavy atom. The average Bonchev–Trinajstić information content (AvgIpc) is 2.69. The lowest BCUT2D eigenvalue weighted by atomic mass is 10.2. The Morgan fingerprint density at radius 2 is 1.61 bits per heavy atom. The lowest BCUT2D eigenvalue weighted by Gasteiger charge is -2.11. The molecule has 0 aliphatic heterocycles. The van der Waals surface area contributed by atoms with Gasteiger partial charge in [-0.15, -0.1) is 0 Å². The summed E-state index contributed by atoms with van der Waals surface area (Å²) in [5.41, 5.74) is 2.33. The van der Waals surface area contributed by atoms with Crippen molar-refractivity contribution in [3.63, 3.8) is 0 Å². The van der Waals surface area contributed by atoms with E-state index in [4.69, 9.17) is 4.74 Å². The van der Waals surface area contributed by atoms with Crippen LogP contribution >= 0.6 is 0 Å². The minimum absolute atomic E-state index is 0.00752. The maximum atomic E-state index is 12.7. The van der Waals surface area contributed by atoms with Gasteiger partial charge in [0.05, 0.1) is 17.7 Å². The normalized spacial score (nSPS) is 10.9. The van der Waals surface area contributed by atoms with Crippen LogP contribution in [-0.2, 0) is 10.0 Å². The molecule has 7 heteroatoms. The third-order valence-electron chi connectivity index (χ3n) is 4.04. The predicted molar refractivity (Wildman–Crippen MR) is 109 cm³/mol. The number of rotatable bonds is 6. The number of aryl methyl sites for hydroxylation is 1. The number of benzene rings is 3. The first-order valence-electron chi connectivity index (χ1n) is 8.52. The zero-order valence-corrected chi connectivity index (χ0v) is 16.3. The first kappa shape index (κ1) is 19.4. The van der Waals surface area contributed by atoms with Crippen LogP contribution in [-0.4, -0.2) is 21.4 Å². The number of anilines is 2. The second kappa shape index (κ2) is 8.14. The number of sulfonamides is 1. The van der Waals surface area contributed by atoms with E-state index in [1.807, 2.05) is 19.1 Å². The molecule has 0 aromatic heterocycles. The average molecular weight is 396 g/mol. The zero-order valence-electron chi connectivity index (χ0n) is 15.5. The number of hydrogen-bond donors (Lipinski definition) is 2. The summed E-state index contributed by atoms with van der Waals surface area (Å²) < 4.78 is 33.0. The van der Waals surface area contributed by atoms with Gasteiger partial charge >= 0.3 is 0 Å². The maximum Gasteiger partial charge on any atom is 0.261 e. The Labute approximate surface area is 164 Å². The van der Waals surface area contributed by atoms with Crippen molar-refractivity contribution >= 4 is 27.3 Å². The summed E-state index contributed by atoms with van der Waals surface area (Å²) in [5, 5.41) is 2.76. The van der Waals surface area contributed by atoms with E-state index in [2.05, 4.69) is 10.0 Å². The third kappa shape index (κ3) is 4.69. The van der Waals surface area contributed by atoms with E-state index in [0.717, 1.165) is 5.56 Å². The van der Waals surface area contributed by atoms with E-state index in [1.165, 1.54) is 25.3 Å². The van der Waals surface area contributed by atoms with Gasteiger partial charge in [0, 0.05) is 17.3 Å². The molecule has 0 fully saturated rings. The summed E-state index contributed by atoms with van der Waals surface area (Å²) in [6, 6.07) is 19.8. The highest BCUT2D eigenvalue weighted by Crippen LogP contribution is 2.21. The van der Waals surface area contributed by atoms with Crippen molar-refractivity contribution in [2.24, 2.45) is 0 Å². The van der Waals surface area contributed by atoms with Crippen molar-refractivity contribution in [2.45, 2.75) is 11.8 Å². The fourth-order valence-electron chi connectivity index (χ4n) is 2.55. The van der Waals surface area contributed by atoms with E-state index in [9.17, 15) is 13.2 Å². The number of nitrogens with one attached hydrogen (secondary N) is 2. The van der Waals surface area contributed by atoms with Crippen molar-refractivity contribution in [3.8, 4) is 5.75 Å². The molecule has 0 spiro atoms. The van der Waals surface area contributed by atoms with E-state index in [0.29, 0.717) is 17.1 Å². The van der Waals surface area contributed by atoms with E-state index < -0.39 is 10.0 Å². The van der Waals surface area contributed by atoms with Crippen LogP contribution in [0.15, 0.2) is 77.7 Å². The molecular formula is C21H20N2O4S. The molecule has 3 aromatic carbocycles. The van der Waals surface area contributed by atoms with Gasteiger partial charge in [-0.25, -0.2) is 8.42 Å². The number of hydrogen-bond acceptors (Lipinski definition) is 4. The highest BCUT2D eigenvalue weighted by atomic mass is 32.2. The molecule has 0 saturated carbocycles. The maximum absolute atomic E-state index is 12.7. The Hall–Kier alpha value is -3.32. The summed E-state index contributed by atoms with van der Waals surface area (Å²) in [6.07, 6.45) is 0. The molecule has 0 radical (unpaired) electrons. The lowest BCUT2D eigenvalue weighted by molar-refractivity contribution is 0.102. The second-order valence-electron chi connectivity index (χ2n) is 6.19. The Morgan fingerprint density at radius 3 is 2.32 bits per heavy atom. The van der Waals surface area contributed by atoms with Gasteiger partial charge in [-0.1, -0.05) is 29.8 Å². The van der Waals surface area contributed by atoms with Crippen LogP contribution in [0.25, 0.3) is 0 Å². The molecule has 144 valence electrons. The molecule has 0 atom stereocenters. The molecule has 0 aliphatic carbocycles. The van der Waals surface area contributed by atoms with Crippen molar-refractivity contribution in [2.75, 3.05) is 17.1 Å². The van der Waals surface area contributed by atoms with Gasteiger partial charge in [-0.3, -0.25) is 9.52 Å². The largest absolute Gasteiger partial charge is 0.497 e. The number of carbonyl (C=O) groups excluding carboxylic acids is 1. The molecule has 3 rings (SSSR count). The fraction of sp³-hybridized carbons (Fsp3) is 0.0952. The summed E-state index contributed by atoms with van der Waals surface area (Å²) in [5.74, 6) is 0.147. The Kier molecular flexibility index (Phi) is 5.65. The van der Waals surface area contributed by atoms with E-state index >= 15 is 0 Å². The fourth-order valence-corrected chi connectivity index (χ4v) is 3.64. The molecular weight excluding hydrogens is 376 g/mol. The van der Waals surface area contributed by atoms with Gasteiger partial charge in [0.1, 0.15) is 5.75 Å². The van der Waals surface area contributed by atoms with Gasteiger partial charge < -0.3 is 10.1 Å². The van der Waals surface area contributed by atoms with Crippen molar-refractivity contribution in [1.82, 2.24) is 0 Å². The molecule has 28 heavy (non-hydrogen) atoms. The third-order valence-corrected chi connectivity index (χ3v) is 5.42. The van der Waals surface area contributed by atoms with Crippen LogP contribution in [0.4, 0.5) is 11.4 Å². The van der Waals surface area contributed by atoms with Crippen LogP contribution in [0.3, 0.4) is 0 Å². The van der Waals surface area contributed by atoms with Crippen molar-refractivity contribution < 1.29 is 17.9 Å². The summed E-state index contributed by atoms with van der Waals surface area (Å²) in [4.78, 5) is 12.5. The molecule has 6 nitrogen and oxygen atoms in total. The minimum atomic E-state index is -3.86.